The molecule has 0 bridgehead atoms. The number of nitro benzene ring substituents is 1. The van der Waals surface area contributed by atoms with Gasteiger partial charge < -0.3 is 15.8 Å². The monoisotopic (exact) mass is 239 g/mol. The second kappa shape index (κ2) is 5.15. The van der Waals surface area contributed by atoms with Gasteiger partial charge in [0.05, 0.1) is 12.0 Å². The number of ether oxygens (including phenoxy) is 1. The van der Waals surface area contributed by atoms with E-state index in [0.29, 0.717) is 5.69 Å². The molecule has 3 N–H and O–H groups in total. The normalized spacial score (nSPS) is 11.6. The zero-order valence-corrected chi connectivity index (χ0v) is 9.47. The molecule has 0 saturated heterocycles. The quantitative estimate of drug-likeness (QED) is 0.353. The number of carbonyl (C=O) groups is 1. The molecule has 0 aliphatic carbocycles. The van der Waals surface area contributed by atoms with Crippen LogP contribution in [0.15, 0.2) is 18.2 Å². The largest absolute Gasteiger partial charge is 0.467 e. The number of rotatable bonds is 4. The van der Waals surface area contributed by atoms with E-state index in [1.807, 2.05) is 0 Å². The third-order valence-electron chi connectivity index (χ3n) is 2.09. The van der Waals surface area contributed by atoms with Crippen LogP contribution >= 0.6 is 0 Å². The molecule has 1 unspecified atom stereocenters. The van der Waals surface area contributed by atoms with E-state index < -0.39 is 16.9 Å². The van der Waals surface area contributed by atoms with Gasteiger partial charge in [-0.1, -0.05) is 0 Å². The Balaban J connectivity index is 2.91. The average molecular weight is 239 g/mol. The SMILES string of the molecule is COC(=O)C(C)Nc1cc(N)cc([N+](=O)[O-])c1. The predicted molar refractivity (Wildman–Crippen MR) is 62.6 cm³/mol. The standard InChI is InChI=1S/C10H13N3O4/c1-6(10(14)17-2)12-8-3-7(11)4-9(5-8)13(15)16/h3-6,12H,11H2,1-2H3. The van der Waals surface area contributed by atoms with Gasteiger partial charge in [-0.2, -0.15) is 0 Å². The van der Waals surface area contributed by atoms with Crippen LogP contribution in [0.3, 0.4) is 0 Å². The maximum atomic E-state index is 11.2. The Bertz CT molecular complexity index is 447. The molecule has 0 fully saturated rings. The zero-order chi connectivity index (χ0) is 13.0. The summed E-state index contributed by atoms with van der Waals surface area (Å²) in [6, 6.07) is 3.44. The zero-order valence-electron chi connectivity index (χ0n) is 9.47. The van der Waals surface area contributed by atoms with Crippen LogP contribution in [0.2, 0.25) is 0 Å². The molecule has 1 aromatic carbocycles. The van der Waals surface area contributed by atoms with Gasteiger partial charge in [-0.05, 0) is 13.0 Å². The molecule has 7 nitrogen and oxygen atoms in total. The molecule has 1 atom stereocenters. The van der Waals surface area contributed by atoms with Crippen molar-refractivity contribution in [3.63, 3.8) is 0 Å². The van der Waals surface area contributed by atoms with Gasteiger partial charge in [0.15, 0.2) is 0 Å². The fourth-order valence-corrected chi connectivity index (χ4v) is 1.31. The Morgan fingerprint density at radius 3 is 2.71 bits per heavy atom. The Hall–Kier alpha value is -2.31. The van der Waals surface area contributed by atoms with Crippen molar-refractivity contribution in [2.75, 3.05) is 18.2 Å². The summed E-state index contributed by atoms with van der Waals surface area (Å²) in [4.78, 5) is 21.2. The predicted octanol–water partition coefficient (Wildman–Crippen LogP) is 1.15. The molecule has 0 amide bonds. The maximum Gasteiger partial charge on any atom is 0.327 e. The number of nitrogens with two attached hydrogens (primary N) is 1. The van der Waals surface area contributed by atoms with Crippen LogP contribution in [0.4, 0.5) is 17.1 Å². The van der Waals surface area contributed by atoms with Crippen LogP contribution in [0.1, 0.15) is 6.92 Å². The highest BCUT2D eigenvalue weighted by Crippen LogP contribution is 2.22. The molecular formula is C10H13N3O4. The van der Waals surface area contributed by atoms with Gasteiger partial charge in [-0.25, -0.2) is 4.79 Å². The van der Waals surface area contributed by atoms with Gasteiger partial charge in [-0.15, -0.1) is 0 Å². The van der Waals surface area contributed by atoms with Crippen molar-refractivity contribution in [2.24, 2.45) is 0 Å². The minimum Gasteiger partial charge on any atom is -0.467 e. The number of benzene rings is 1. The van der Waals surface area contributed by atoms with Gasteiger partial charge in [0.2, 0.25) is 0 Å². The lowest BCUT2D eigenvalue weighted by atomic mass is 10.2. The average Bonchev–Trinajstić information content (AvgIpc) is 2.26. The second-order valence-electron chi connectivity index (χ2n) is 3.46. The number of anilines is 2. The number of nitrogen functional groups attached to an aromatic ring is 1. The van der Waals surface area contributed by atoms with Gasteiger partial charge in [0, 0.05) is 23.5 Å². The summed E-state index contributed by atoms with van der Waals surface area (Å²) >= 11 is 0. The summed E-state index contributed by atoms with van der Waals surface area (Å²) in [7, 11) is 1.27. The van der Waals surface area contributed by atoms with Gasteiger partial charge in [0.1, 0.15) is 6.04 Å². The molecule has 17 heavy (non-hydrogen) atoms. The number of hydrogen-bond acceptors (Lipinski definition) is 6. The smallest absolute Gasteiger partial charge is 0.327 e. The summed E-state index contributed by atoms with van der Waals surface area (Å²) in [5.41, 5.74) is 6.03. The second-order valence-corrected chi connectivity index (χ2v) is 3.46. The van der Waals surface area contributed by atoms with Crippen LogP contribution in [-0.2, 0) is 9.53 Å². The lowest BCUT2D eigenvalue weighted by Gasteiger charge is -2.13. The molecule has 0 aromatic heterocycles. The maximum absolute atomic E-state index is 11.2. The number of methoxy groups -OCH3 is 1. The van der Waals surface area contributed by atoms with Crippen molar-refractivity contribution in [3.8, 4) is 0 Å². The minimum absolute atomic E-state index is 0.135. The van der Waals surface area contributed by atoms with E-state index >= 15 is 0 Å². The molecule has 0 aliphatic heterocycles. The highest BCUT2D eigenvalue weighted by molar-refractivity contribution is 5.79. The van der Waals surface area contributed by atoms with Crippen molar-refractivity contribution in [2.45, 2.75) is 13.0 Å². The number of nitrogens with one attached hydrogen (secondary N) is 1. The number of nitrogens with zero attached hydrogens (tertiary/aromatic N) is 1. The highest BCUT2D eigenvalue weighted by Gasteiger charge is 2.15. The summed E-state index contributed by atoms with van der Waals surface area (Å²) < 4.78 is 4.53. The third-order valence-corrected chi connectivity index (χ3v) is 2.09. The Kier molecular flexibility index (Phi) is 3.86. The summed E-state index contributed by atoms with van der Waals surface area (Å²) in [5.74, 6) is -0.463. The van der Waals surface area contributed by atoms with E-state index in [-0.39, 0.29) is 11.4 Å². The number of non-ortho nitro benzene ring substituents is 1. The number of nitro groups is 1. The first-order valence-corrected chi connectivity index (χ1v) is 4.83. The molecule has 0 saturated carbocycles. The summed E-state index contributed by atoms with van der Waals surface area (Å²) in [6.07, 6.45) is 0. The van der Waals surface area contributed by atoms with Crippen LogP contribution < -0.4 is 11.1 Å². The number of esters is 1. The molecule has 92 valence electrons. The molecule has 0 heterocycles. The van der Waals surface area contributed by atoms with E-state index in [1.54, 1.807) is 6.92 Å². The van der Waals surface area contributed by atoms with Crippen molar-refractivity contribution in [3.05, 3.63) is 28.3 Å². The van der Waals surface area contributed by atoms with Crippen molar-refractivity contribution in [1.29, 1.82) is 0 Å². The first-order chi connectivity index (χ1) is 7.93. The van der Waals surface area contributed by atoms with E-state index in [0.717, 1.165) is 0 Å². The van der Waals surface area contributed by atoms with Gasteiger partial charge in [0.25, 0.3) is 5.69 Å². The first kappa shape index (κ1) is 12.8. The van der Waals surface area contributed by atoms with Crippen molar-refractivity contribution >= 4 is 23.0 Å². The number of carbonyl (C=O) groups excluding carboxylic acids is 1. The fraction of sp³-hybridized carbons (Fsp3) is 0.300. The first-order valence-electron chi connectivity index (χ1n) is 4.83. The van der Waals surface area contributed by atoms with Gasteiger partial charge >= 0.3 is 5.97 Å². The van der Waals surface area contributed by atoms with E-state index in [4.69, 9.17) is 5.73 Å². The van der Waals surface area contributed by atoms with E-state index in [2.05, 4.69) is 10.1 Å². The molecular weight excluding hydrogens is 226 g/mol. The van der Waals surface area contributed by atoms with Crippen molar-refractivity contribution < 1.29 is 14.5 Å². The van der Waals surface area contributed by atoms with E-state index in [1.165, 1.54) is 25.3 Å². The lowest BCUT2D eigenvalue weighted by molar-refractivity contribution is -0.384. The van der Waals surface area contributed by atoms with Crippen LogP contribution in [-0.4, -0.2) is 24.0 Å². The topological polar surface area (TPSA) is 107 Å². The highest BCUT2D eigenvalue weighted by atomic mass is 16.6. The lowest BCUT2D eigenvalue weighted by Crippen LogP contribution is -2.27. The molecule has 1 rings (SSSR count). The molecule has 0 aliphatic rings. The Labute approximate surface area is 97.7 Å². The number of hydrogen-bond donors (Lipinski definition) is 2. The van der Waals surface area contributed by atoms with Crippen molar-refractivity contribution in [1.82, 2.24) is 0 Å². The van der Waals surface area contributed by atoms with Crippen LogP contribution in [0, 0.1) is 10.1 Å². The fourth-order valence-electron chi connectivity index (χ4n) is 1.31. The Morgan fingerprint density at radius 1 is 1.53 bits per heavy atom. The van der Waals surface area contributed by atoms with Gasteiger partial charge in [-0.3, -0.25) is 10.1 Å². The van der Waals surface area contributed by atoms with E-state index in [9.17, 15) is 14.9 Å². The third kappa shape index (κ3) is 3.33. The molecule has 0 spiro atoms. The van der Waals surface area contributed by atoms with Crippen LogP contribution in [0.25, 0.3) is 0 Å². The summed E-state index contributed by atoms with van der Waals surface area (Å²) in [6.45, 7) is 1.58. The summed E-state index contributed by atoms with van der Waals surface area (Å²) in [5, 5.41) is 13.4. The molecule has 1 aromatic rings. The van der Waals surface area contributed by atoms with Crippen LogP contribution in [0.5, 0.6) is 0 Å². The molecule has 0 radical (unpaired) electrons. The Morgan fingerprint density at radius 2 is 2.18 bits per heavy atom. The molecule has 7 heteroatoms. The minimum atomic E-state index is -0.610.